The van der Waals surface area contributed by atoms with Crippen LogP contribution in [-0.2, 0) is 14.9 Å². The Kier molecular flexibility index (Phi) is 6.11. The van der Waals surface area contributed by atoms with Gasteiger partial charge >= 0.3 is 6.36 Å². The fraction of sp³-hybridized carbons (Fsp3) is 0.458. The Morgan fingerprint density at radius 3 is 2.58 bits per heavy atom. The molecular formula is C24H22ClF4N3O4. The van der Waals surface area contributed by atoms with Crippen LogP contribution in [0, 0.1) is 5.82 Å². The molecule has 1 aromatic carbocycles. The number of aromatic nitrogens is 1. The fourth-order valence-corrected chi connectivity index (χ4v) is 5.59. The van der Waals surface area contributed by atoms with Gasteiger partial charge in [0.1, 0.15) is 17.3 Å². The number of pyridine rings is 1. The molecule has 2 heterocycles. The summed E-state index contributed by atoms with van der Waals surface area (Å²) in [6.45, 7) is -0.212. The Balaban J connectivity index is 1.10. The Morgan fingerprint density at radius 1 is 1.19 bits per heavy atom. The number of rotatable bonds is 7. The molecule has 1 aliphatic heterocycles. The molecule has 2 bridgehead atoms. The van der Waals surface area contributed by atoms with Crippen molar-refractivity contribution in [3.63, 3.8) is 0 Å². The van der Waals surface area contributed by atoms with E-state index in [1.807, 2.05) is 6.07 Å². The van der Waals surface area contributed by atoms with Crippen molar-refractivity contribution in [1.29, 1.82) is 0 Å². The molecule has 36 heavy (non-hydrogen) atoms. The molecule has 0 spiro atoms. The molecule has 0 radical (unpaired) electrons. The lowest BCUT2D eigenvalue weighted by Gasteiger charge is -2.70. The summed E-state index contributed by atoms with van der Waals surface area (Å²) >= 11 is 5.63. The second-order valence-electron chi connectivity index (χ2n) is 9.66. The van der Waals surface area contributed by atoms with Crippen molar-refractivity contribution < 1.29 is 36.6 Å². The van der Waals surface area contributed by atoms with Crippen molar-refractivity contribution in [2.24, 2.45) is 0 Å². The zero-order chi connectivity index (χ0) is 25.7. The number of hydrogen-bond donors (Lipinski definition) is 1. The predicted molar refractivity (Wildman–Crippen MR) is 119 cm³/mol. The summed E-state index contributed by atoms with van der Waals surface area (Å²) in [7, 11) is 0. The molecule has 192 valence electrons. The molecule has 2 aromatic rings. The van der Waals surface area contributed by atoms with Gasteiger partial charge in [0.2, 0.25) is 0 Å². The molecule has 3 saturated carbocycles. The highest BCUT2D eigenvalue weighted by molar-refractivity contribution is 6.30. The number of carbonyl (C=O) groups is 2. The van der Waals surface area contributed by atoms with Crippen LogP contribution in [0.15, 0.2) is 36.5 Å². The van der Waals surface area contributed by atoms with Crippen LogP contribution < -0.4 is 10.1 Å². The highest BCUT2D eigenvalue weighted by Gasteiger charge is 2.69. The van der Waals surface area contributed by atoms with Crippen LogP contribution in [-0.4, -0.2) is 59.4 Å². The smallest absolute Gasteiger partial charge is 0.484 e. The minimum absolute atomic E-state index is 0.0296. The van der Waals surface area contributed by atoms with Crippen LogP contribution in [0.25, 0.3) is 0 Å². The number of nitrogens with one attached hydrogen (secondary N) is 1. The minimum atomic E-state index is -4.73. The lowest BCUT2D eigenvalue weighted by Crippen LogP contribution is -2.77. The summed E-state index contributed by atoms with van der Waals surface area (Å²) in [5.41, 5.74) is 0.671. The largest absolute Gasteiger partial charge is 0.522 e. The highest BCUT2D eigenvalue weighted by atomic mass is 35.5. The van der Waals surface area contributed by atoms with Gasteiger partial charge in [-0.3, -0.25) is 19.3 Å². The zero-order valence-electron chi connectivity index (χ0n) is 18.9. The minimum Gasteiger partial charge on any atom is -0.484 e. The van der Waals surface area contributed by atoms with Gasteiger partial charge in [-0.2, -0.15) is 0 Å². The van der Waals surface area contributed by atoms with E-state index >= 15 is 0 Å². The van der Waals surface area contributed by atoms with Gasteiger partial charge in [0.25, 0.3) is 11.8 Å². The summed E-state index contributed by atoms with van der Waals surface area (Å²) in [6, 6.07) is 7.34. The van der Waals surface area contributed by atoms with Gasteiger partial charge < -0.3 is 15.0 Å². The fourth-order valence-electron chi connectivity index (χ4n) is 5.47. The van der Waals surface area contributed by atoms with E-state index in [2.05, 4.69) is 15.0 Å². The topological polar surface area (TPSA) is 80.8 Å². The maximum absolute atomic E-state index is 13.5. The third-order valence-electron chi connectivity index (χ3n) is 7.02. The molecule has 1 atom stereocenters. The number of hydrogen-bond acceptors (Lipinski definition) is 5. The molecule has 1 aromatic heterocycles. The molecule has 7 nitrogen and oxygen atoms in total. The summed E-state index contributed by atoms with van der Waals surface area (Å²) in [5.74, 6) is -1.16. The van der Waals surface area contributed by atoms with Crippen LogP contribution >= 0.6 is 11.6 Å². The molecule has 12 heteroatoms. The predicted octanol–water partition coefficient (Wildman–Crippen LogP) is 3.99. The lowest BCUT2D eigenvalue weighted by molar-refractivity contribution is -0.340. The van der Waals surface area contributed by atoms with Crippen molar-refractivity contribution in [2.45, 2.75) is 49.1 Å². The standard InChI is InChI=1S/C24H22ClF4N3O4/c25-17-3-2-15(7-18(17)26)35-10-20(33)31-23-11-22(12-23,13-23)14-1-4-19(30-8-14)21(34)32-6-5-16(9-32)36-24(27,28)29/h1-4,7-8,16H,5-6,9-13H2,(H,31,33)/t16-,22?,23?/m0/s1. The molecule has 1 N–H and O–H groups in total. The van der Waals surface area contributed by atoms with Crippen LogP contribution in [0.3, 0.4) is 0 Å². The maximum atomic E-state index is 13.5. The van der Waals surface area contributed by atoms with Crippen molar-refractivity contribution in [3.05, 3.63) is 58.6 Å². The van der Waals surface area contributed by atoms with E-state index in [9.17, 15) is 27.2 Å². The number of ether oxygens (including phenoxy) is 2. The van der Waals surface area contributed by atoms with Gasteiger partial charge in [-0.1, -0.05) is 17.7 Å². The first-order valence-corrected chi connectivity index (χ1v) is 11.7. The van der Waals surface area contributed by atoms with Gasteiger partial charge in [0.15, 0.2) is 6.61 Å². The maximum Gasteiger partial charge on any atom is 0.522 e. The van der Waals surface area contributed by atoms with Crippen LogP contribution in [0.5, 0.6) is 5.75 Å². The van der Waals surface area contributed by atoms with Crippen molar-refractivity contribution in [3.8, 4) is 5.75 Å². The van der Waals surface area contributed by atoms with Gasteiger partial charge in [0, 0.05) is 36.3 Å². The van der Waals surface area contributed by atoms with E-state index in [1.165, 1.54) is 17.0 Å². The van der Waals surface area contributed by atoms with Gasteiger partial charge in [-0.15, -0.1) is 13.2 Å². The molecule has 2 amide bonds. The Hall–Kier alpha value is -2.92. The normalized spacial score (nSPS) is 26.7. The molecule has 3 aliphatic carbocycles. The summed E-state index contributed by atoms with van der Waals surface area (Å²) in [4.78, 5) is 30.5. The van der Waals surface area contributed by atoms with Crippen molar-refractivity contribution >= 4 is 23.4 Å². The summed E-state index contributed by atoms with van der Waals surface area (Å²) < 4.78 is 60.1. The van der Waals surface area contributed by atoms with E-state index in [0.717, 1.165) is 30.9 Å². The first kappa shape index (κ1) is 24.8. The van der Waals surface area contributed by atoms with E-state index in [0.29, 0.717) is 0 Å². The summed E-state index contributed by atoms with van der Waals surface area (Å²) in [6.07, 6.45) is -1.90. The zero-order valence-corrected chi connectivity index (χ0v) is 19.7. The number of benzene rings is 1. The number of carbonyl (C=O) groups excluding carboxylic acids is 2. The monoisotopic (exact) mass is 527 g/mol. The van der Waals surface area contributed by atoms with E-state index in [4.69, 9.17) is 16.3 Å². The molecular weight excluding hydrogens is 506 g/mol. The van der Waals surface area contributed by atoms with Crippen molar-refractivity contribution in [1.82, 2.24) is 15.2 Å². The quantitative estimate of drug-likeness (QED) is 0.551. The van der Waals surface area contributed by atoms with Crippen molar-refractivity contribution in [2.75, 3.05) is 19.7 Å². The van der Waals surface area contributed by atoms with Gasteiger partial charge in [0.05, 0.1) is 11.1 Å². The van der Waals surface area contributed by atoms with E-state index in [-0.39, 0.29) is 59.4 Å². The van der Waals surface area contributed by atoms with Crippen LogP contribution in [0.2, 0.25) is 5.02 Å². The van der Waals surface area contributed by atoms with Gasteiger partial charge in [-0.25, -0.2) is 4.39 Å². The number of amides is 2. The number of likely N-dealkylation sites (tertiary alicyclic amines) is 1. The Labute approximate surface area is 208 Å². The molecule has 1 saturated heterocycles. The van der Waals surface area contributed by atoms with E-state index < -0.39 is 24.2 Å². The molecule has 0 unspecified atom stereocenters. The molecule has 6 rings (SSSR count). The number of halogens is 5. The number of nitrogens with zero attached hydrogens (tertiary/aromatic N) is 2. The third kappa shape index (κ3) is 4.86. The summed E-state index contributed by atoms with van der Waals surface area (Å²) in [5, 5.41) is 2.95. The Bertz CT molecular complexity index is 1170. The first-order valence-electron chi connectivity index (χ1n) is 11.4. The second-order valence-corrected chi connectivity index (χ2v) is 10.1. The number of alkyl halides is 3. The highest BCUT2D eigenvalue weighted by Crippen LogP contribution is 2.67. The molecule has 4 aliphatic rings. The van der Waals surface area contributed by atoms with Gasteiger partial charge in [-0.05, 0) is 49.4 Å². The van der Waals surface area contributed by atoms with E-state index in [1.54, 1.807) is 12.3 Å². The third-order valence-corrected chi connectivity index (χ3v) is 7.33. The average Bonchev–Trinajstić information content (AvgIpc) is 3.22. The van der Waals surface area contributed by atoms with Crippen LogP contribution in [0.1, 0.15) is 41.7 Å². The SMILES string of the molecule is O=C(COc1ccc(Cl)c(F)c1)NC12CC(c3ccc(C(=O)N4CC[C@H](OC(F)(F)F)C4)nc3)(C1)C2. The second kappa shape index (κ2) is 8.88. The average molecular weight is 528 g/mol. The lowest BCUT2D eigenvalue weighted by atomic mass is 9.37. The molecule has 4 fully saturated rings. The van der Waals surface area contributed by atoms with Crippen LogP contribution in [0.4, 0.5) is 17.6 Å². The Morgan fingerprint density at radius 2 is 1.94 bits per heavy atom. The first-order chi connectivity index (χ1) is 17.0.